The molecule has 142 valence electrons. The second-order valence-electron chi connectivity index (χ2n) is 6.14. The van der Waals surface area contributed by atoms with Gasteiger partial charge >= 0.3 is 5.76 Å². The molecule has 0 saturated carbocycles. The lowest BCUT2D eigenvalue weighted by atomic mass is 10.2. The van der Waals surface area contributed by atoms with Crippen LogP contribution in [0.5, 0.6) is 0 Å². The number of benzene rings is 2. The summed E-state index contributed by atoms with van der Waals surface area (Å²) >= 11 is 6.01. The molecule has 1 aromatic heterocycles. The van der Waals surface area contributed by atoms with Crippen LogP contribution in [0.4, 0.5) is 5.69 Å². The molecular formula is C18H17ClN2O5S. The number of aryl methyl sites for hydroxylation is 2. The van der Waals surface area contributed by atoms with Crippen LogP contribution in [0.2, 0.25) is 5.02 Å². The lowest BCUT2D eigenvalue weighted by Gasteiger charge is -2.08. The van der Waals surface area contributed by atoms with E-state index in [2.05, 4.69) is 5.32 Å². The SMILES string of the molecule is Cc1ccc(NC(=O)CCS(=O)(=O)c2ccc3c(c2)oc(=O)n3C)cc1Cl. The van der Waals surface area contributed by atoms with Crippen molar-refractivity contribution in [2.75, 3.05) is 11.1 Å². The van der Waals surface area contributed by atoms with E-state index >= 15 is 0 Å². The second kappa shape index (κ2) is 7.21. The summed E-state index contributed by atoms with van der Waals surface area (Å²) in [6.45, 7) is 1.84. The number of hydrogen-bond donors (Lipinski definition) is 1. The highest BCUT2D eigenvalue weighted by molar-refractivity contribution is 7.91. The zero-order valence-corrected chi connectivity index (χ0v) is 16.2. The number of oxazole rings is 1. The van der Waals surface area contributed by atoms with Gasteiger partial charge in [-0.25, -0.2) is 13.2 Å². The Kier molecular flexibility index (Phi) is 5.12. The first kappa shape index (κ1) is 19.2. The van der Waals surface area contributed by atoms with Gasteiger partial charge in [-0.1, -0.05) is 17.7 Å². The number of anilines is 1. The normalized spacial score (nSPS) is 11.7. The van der Waals surface area contributed by atoms with Gasteiger partial charge in [-0.2, -0.15) is 0 Å². The van der Waals surface area contributed by atoms with E-state index in [9.17, 15) is 18.0 Å². The number of nitrogens with zero attached hydrogens (tertiary/aromatic N) is 1. The van der Waals surface area contributed by atoms with E-state index in [4.69, 9.17) is 16.0 Å². The van der Waals surface area contributed by atoms with Crippen molar-refractivity contribution in [1.82, 2.24) is 4.57 Å². The van der Waals surface area contributed by atoms with Gasteiger partial charge in [0.1, 0.15) is 0 Å². The number of hydrogen-bond acceptors (Lipinski definition) is 5. The van der Waals surface area contributed by atoms with E-state index < -0.39 is 21.5 Å². The standard InChI is InChI=1S/C18H17ClN2O5S/c1-11-3-4-12(9-14(11)19)20-17(22)7-8-27(24,25)13-5-6-15-16(10-13)26-18(23)21(15)2/h3-6,9-10H,7-8H2,1-2H3,(H,20,22). The number of aromatic nitrogens is 1. The fourth-order valence-electron chi connectivity index (χ4n) is 2.55. The fraction of sp³-hybridized carbons (Fsp3) is 0.222. The van der Waals surface area contributed by atoms with Crippen LogP contribution >= 0.6 is 11.6 Å². The van der Waals surface area contributed by atoms with Crippen molar-refractivity contribution in [3.05, 3.63) is 57.5 Å². The van der Waals surface area contributed by atoms with E-state index in [1.165, 1.54) is 29.8 Å². The molecule has 0 unspecified atom stereocenters. The Bertz CT molecular complexity index is 1190. The van der Waals surface area contributed by atoms with Gasteiger partial charge in [0.15, 0.2) is 15.4 Å². The van der Waals surface area contributed by atoms with Crippen LogP contribution in [0.1, 0.15) is 12.0 Å². The molecule has 0 spiro atoms. The molecule has 0 bridgehead atoms. The first-order valence-corrected chi connectivity index (χ1v) is 10.1. The summed E-state index contributed by atoms with van der Waals surface area (Å²) in [6.07, 6.45) is -0.218. The molecule has 0 aliphatic carbocycles. The smallest absolute Gasteiger partial charge is 0.408 e. The third-order valence-electron chi connectivity index (χ3n) is 4.18. The van der Waals surface area contributed by atoms with Crippen LogP contribution < -0.4 is 11.1 Å². The first-order valence-electron chi connectivity index (χ1n) is 8.06. The molecule has 2 aromatic carbocycles. The minimum absolute atomic E-state index is 0.00414. The largest absolute Gasteiger partial charge is 0.419 e. The van der Waals surface area contributed by atoms with Gasteiger partial charge in [0.25, 0.3) is 0 Å². The second-order valence-corrected chi connectivity index (χ2v) is 8.65. The molecule has 0 fully saturated rings. The quantitative estimate of drug-likeness (QED) is 0.699. The van der Waals surface area contributed by atoms with Crippen molar-refractivity contribution in [2.45, 2.75) is 18.2 Å². The van der Waals surface area contributed by atoms with Crippen LogP contribution in [-0.4, -0.2) is 24.6 Å². The summed E-state index contributed by atoms with van der Waals surface area (Å²) in [5.41, 5.74) is 2.05. The van der Waals surface area contributed by atoms with Crippen molar-refractivity contribution in [1.29, 1.82) is 0 Å². The van der Waals surface area contributed by atoms with Crippen molar-refractivity contribution in [3.8, 4) is 0 Å². The predicted octanol–water partition coefficient (Wildman–Crippen LogP) is 2.90. The van der Waals surface area contributed by atoms with Crippen molar-refractivity contribution >= 4 is 44.1 Å². The molecule has 0 aliphatic heterocycles. The Morgan fingerprint density at radius 2 is 1.96 bits per heavy atom. The maximum atomic E-state index is 12.5. The predicted molar refractivity (Wildman–Crippen MR) is 103 cm³/mol. The lowest BCUT2D eigenvalue weighted by Crippen LogP contribution is -2.17. The van der Waals surface area contributed by atoms with E-state index in [0.717, 1.165) is 5.56 Å². The molecule has 0 radical (unpaired) electrons. The third kappa shape index (κ3) is 4.06. The van der Waals surface area contributed by atoms with Crippen LogP contribution in [-0.2, 0) is 21.7 Å². The topological polar surface area (TPSA) is 98.4 Å². The van der Waals surface area contributed by atoms with Gasteiger partial charge in [0, 0.05) is 30.2 Å². The highest BCUT2D eigenvalue weighted by Crippen LogP contribution is 2.21. The molecule has 9 heteroatoms. The summed E-state index contributed by atoms with van der Waals surface area (Å²) in [4.78, 5) is 23.6. The third-order valence-corrected chi connectivity index (χ3v) is 6.30. The van der Waals surface area contributed by atoms with Gasteiger partial charge in [0.2, 0.25) is 5.91 Å². The molecule has 0 atom stereocenters. The number of carbonyl (C=O) groups is 1. The number of nitrogens with one attached hydrogen (secondary N) is 1. The van der Waals surface area contributed by atoms with Gasteiger partial charge in [-0.3, -0.25) is 9.36 Å². The zero-order valence-electron chi connectivity index (χ0n) is 14.7. The van der Waals surface area contributed by atoms with E-state index in [1.54, 1.807) is 18.2 Å². The van der Waals surface area contributed by atoms with E-state index in [-0.39, 0.29) is 22.7 Å². The summed E-state index contributed by atoms with van der Waals surface area (Å²) in [5.74, 6) is -1.39. The summed E-state index contributed by atoms with van der Waals surface area (Å²) in [6, 6.07) is 9.25. The summed E-state index contributed by atoms with van der Waals surface area (Å²) in [5, 5.41) is 3.14. The molecule has 3 rings (SSSR count). The average molecular weight is 409 g/mol. The van der Waals surface area contributed by atoms with Crippen LogP contribution in [0.3, 0.4) is 0 Å². The van der Waals surface area contributed by atoms with Gasteiger partial charge in [-0.15, -0.1) is 0 Å². The Labute approximate surface area is 160 Å². The summed E-state index contributed by atoms with van der Waals surface area (Å²) < 4.78 is 31.3. The fourth-order valence-corrected chi connectivity index (χ4v) is 3.98. The molecule has 1 N–H and O–H groups in total. The Morgan fingerprint density at radius 1 is 1.22 bits per heavy atom. The van der Waals surface area contributed by atoms with E-state index in [1.807, 2.05) is 6.92 Å². The highest BCUT2D eigenvalue weighted by Gasteiger charge is 2.19. The maximum absolute atomic E-state index is 12.5. The number of halogens is 1. The average Bonchev–Trinajstić information content (AvgIpc) is 2.90. The molecule has 1 heterocycles. The van der Waals surface area contributed by atoms with E-state index in [0.29, 0.717) is 16.2 Å². The number of sulfone groups is 1. The molecule has 0 saturated heterocycles. The lowest BCUT2D eigenvalue weighted by molar-refractivity contribution is -0.115. The first-order chi connectivity index (χ1) is 12.7. The van der Waals surface area contributed by atoms with Crippen LogP contribution in [0.15, 0.2) is 50.5 Å². The van der Waals surface area contributed by atoms with Crippen LogP contribution in [0, 0.1) is 6.92 Å². The molecular weight excluding hydrogens is 392 g/mol. The number of amides is 1. The number of rotatable bonds is 5. The highest BCUT2D eigenvalue weighted by atomic mass is 35.5. The zero-order chi connectivity index (χ0) is 19.8. The van der Waals surface area contributed by atoms with Crippen molar-refractivity contribution in [3.63, 3.8) is 0 Å². The molecule has 3 aromatic rings. The Balaban J connectivity index is 1.71. The summed E-state index contributed by atoms with van der Waals surface area (Å²) in [7, 11) is -2.18. The van der Waals surface area contributed by atoms with Crippen molar-refractivity contribution < 1.29 is 17.6 Å². The molecule has 7 nitrogen and oxygen atoms in total. The molecule has 1 amide bonds. The van der Waals surface area contributed by atoms with Gasteiger partial charge < -0.3 is 9.73 Å². The van der Waals surface area contributed by atoms with Crippen LogP contribution in [0.25, 0.3) is 11.1 Å². The van der Waals surface area contributed by atoms with Crippen molar-refractivity contribution in [2.24, 2.45) is 7.05 Å². The monoisotopic (exact) mass is 408 g/mol. The minimum Gasteiger partial charge on any atom is -0.408 e. The Morgan fingerprint density at radius 3 is 2.67 bits per heavy atom. The molecule has 27 heavy (non-hydrogen) atoms. The Hall–Kier alpha value is -2.58. The number of carbonyl (C=O) groups excluding carboxylic acids is 1. The maximum Gasteiger partial charge on any atom is 0.419 e. The van der Waals surface area contributed by atoms with Gasteiger partial charge in [-0.05, 0) is 36.8 Å². The minimum atomic E-state index is -3.72. The molecule has 0 aliphatic rings. The number of fused-ring (bicyclic) bond motifs is 1. The van der Waals surface area contributed by atoms with Gasteiger partial charge in [0.05, 0.1) is 16.2 Å².